The van der Waals surface area contributed by atoms with Gasteiger partial charge in [-0.2, -0.15) is 0 Å². The average Bonchev–Trinajstić information content (AvgIpc) is 3.05. The van der Waals surface area contributed by atoms with E-state index in [-0.39, 0.29) is 5.76 Å². The summed E-state index contributed by atoms with van der Waals surface area (Å²) >= 11 is 0. The van der Waals surface area contributed by atoms with Crippen molar-refractivity contribution in [1.82, 2.24) is 0 Å². The molecule has 1 aromatic heterocycles. The monoisotopic (exact) mass is 286 g/mol. The second kappa shape index (κ2) is 8.30. The van der Waals surface area contributed by atoms with Crippen molar-refractivity contribution < 1.29 is 14.3 Å². The summed E-state index contributed by atoms with van der Waals surface area (Å²) < 4.78 is 4.50. The molecular formula is C18H22O3. The van der Waals surface area contributed by atoms with Gasteiger partial charge in [0.15, 0.2) is 0 Å². The van der Waals surface area contributed by atoms with Crippen LogP contribution in [0.25, 0.3) is 0 Å². The molecule has 112 valence electrons. The molecule has 0 spiro atoms. The Hall–Kier alpha value is -2.03. The number of aromatic carboxylic acids is 1. The molecular weight excluding hydrogens is 264 g/mol. The SMILES string of the molecule is O=C(O)c1ccco1.c1ccc(CC2CCCCC2)cc1. The zero-order valence-electron chi connectivity index (χ0n) is 12.2. The number of hydrogen-bond donors (Lipinski definition) is 1. The van der Waals surface area contributed by atoms with Gasteiger partial charge in [-0.3, -0.25) is 0 Å². The van der Waals surface area contributed by atoms with Crippen LogP contribution in [0.3, 0.4) is 0 Å². The van der Waals surface area contributed by atoms with E-state index in [1.165, 1.54) is 62.5 Å². The summed E-state index contributed by atoms with van der Waals surface area (Å²) in [7, 11) is 0. The van der Waals surface area contributed by atoms with Crippen LogP contribution in [0.15, 0.2) is 53.1 Å². The first kappa shape index (κ1) is 15.4. The molecule has 1 saturated carbocycles. The summed E-state index contributed by atoms with van der Waals surface area (Å²) in [5.74, 6) is -0.0869. The lowest BCUT2D eigenvalue weighted by atomic mass is 9.85. The van der Waals surface area contributed by atoms with Crippen molar-refractivity contribution in [2.24, 2.45) is 5.92 Å². The van der Waals surface area contributed by atoms with E-state index in [1.807, 2.05) is 0 Å². The molecule has 3 nitrogen and oxygen atoms in total. The highest BCUT2D eigenvalue weighted by molar-refractivity contribution is 5.84. The Morgan fingerprint density at radius 1 is 1.05 bits per heavy atom. The molecule has 1 fully saturated rings. The van der Waals surface area contributed by atoms with Gasteiger partial charge in [0.25, 0.3) is 0 Å². The van der Waals surface area contributed by atoms with Crippen LogP contribution < -0.4 is 0 Å². The topological polar surface area (TPSA) is 50.4 Å². The first-order valence-corrected chi connectivity index (χ1v) is 7.56. The van der Waals surface area contributed by atoms with Crippen molar-refractivity contribution in [3.63, 3.8) is 0 Å². The smallest absolute Gasteiger partial charge is 0.371 e. The lowest BCUT2D eigenvalue weighted by Crippen LogP contribution is -2.08. The Morgan fingerprint density at radius 2 is 1.76 bits per heavy atom. The number of carboxylic acids is 1. The van der Waals surface area contributed by atoms with Gasteiger partial charge in [0.2, 0.25) is 5.76 Å². The number of carboxylic acid groups (broad SMARTS) is 1. The lowest BCUT2D eigenvalue weighted by molar-refractivity contribution is 0.0662. The van der Waals surface area contributed by atoms with Crippen LogP contribution in [0.2, 0.25) is 0 Å². The zero-order chi connectivity index (χ0) is 14.9. The molecule has 0 aliphatic heterocycles. The van der Waals surface area contributed by atoms with Gasteiger partial charge in [0.05, 0.1) is 6.26 Å². The molecule has 1 aliphatic carbocycles. The Labute approximate surface area is 125 Å². The van der Waals surface area contributed by atoms with E-state index in [0.29, 0.717) is 0 Å². The second-order valence-electron chi connectivity index (χ2n) is 5.48. The molecule has 3 heteroatoms. The van der Waals surface area contributed by atoms with Crippen molar-refractivity contribution in [2.45, 2.75) is 38.5 Å². The van der Waals surface area contributed by atoms with Crippen molar-refractivity contribution in [2.75, 3.05) is 0 Å². The van der Waals surface area contributed by atoms with Crippen LogP contribution >= 0.6 is 0 Å². The van der Waals surface area contributed by atoms with Gasteiger partial charge in [-0.25, -0.2) is 4.79 Å². The second-order valence-corrected chi connectivity index (χ2v) is 5.48. The van der Waals surface area contributed by atoms with E-state index in [4.69, 9.17) is 5.11 Å². The van der Waals surface area contributed by atoms with Gasteiger partial charge in [-0.05, 0) is 30.0 Å². The minimum atomic E-state index is -1.03. The van der Waals surface area contributed by atoms with Crippen LogP contribution in [0, 0.1) is 5.92 Å². The standard InChI is InChI=1S/C13H18.C5H4O3/c1-3-7-12(8-4-1)11-13-9-5-2-6-10-13;6-5(7)4-2-1-3-8-4/h1,3-4,7-8,13H,2,5-6,9-11H2;1-3H,(H,6,7). The molecule has 0 amide bonds. The molecule has 1 heterocycles. The average molecular weight is 286 g/mol. The Kier molecular flexibility index (Phi) is 6.07. The maximum atomic E-state index is 9.97. The fourth-order valence-corrected chi connectivity index (χ4v) is 2.74. The quantitative estimate of drug-likeness (QED) is 0.882. The number of rotatable bonds is 3. The fraction of sp³-hybridized carbons (Fsp3) is 0.389. The third kappa shape index (κ3) is 5.46. The predicted octanol–water partition coefficient (Wildman–Crippen LogP) is 4.79. The van der Waals surface area contributed by atoms with E-state index in [0.717, 1.165) is 5.92 Å². The highest BCUT2D eigenvalue weighted by Gasteiger charge is 2.13. The highest BCUT2D eigenvalue weighted by Crippen LogP contribution is 2.26. The van der Waals surface area contributed by atoms with Gasteiger partial charge in [0, 0.05) is 0 Å². The molecule has 3 rings (SSSR count). The molecule has 21 heavy (non-hydrogen) atoms. The first-order chi connectivity index (χ1) is 10.3. The van der Waals surface area contributed by atoms with Gasteiger partial charge in [0.1, 0.15) is 0 Å². The third-order valence-corrected chi connectivity index (χ3v) is 3.82. The van der Waals surface area contributed by atoms with Crippen molar-refractivity contribution >= 4 is 5.97 Å². The minimum absolute atomic E-state index is 0.0231. The van der Waals surface area contributed by atoms with Gasteiger partial charge < -0.3 is 9.52 Å². The molecule has 1 N–H and O–H groups in total. The number of benzene rings is 1. The third-order valence-electron chi connectivity index (χ3n) is 3.82. The Bertz CT molecular complexity index is 511. The largest absolute Gasteiger partial charge is 0.475 e. The van der Waals surface area contributed by atoms with Crippen LogP contribution in [0.5, 0.6) is 0 Å². The molecule has 0 atom stereocenters. The zero-order valence-corrected chi connectivity index (χ0v) is 12.2. The minimum Gasteiger partial charge on any atom is -0.475 e. The van der Waals surface area contributed by atoms with Gasteiger partial charge in [-0.15, -0.1) is 0 Å². The number of carbonyl (C=O) groups is 1. The molecule has 1 aromatic carbocycles. The van der Waals surface area contributed by atoms with E-state index in [2.05, 4.69) is 34.7 Å². The summed E-state index contributed by atoms with van der Waals surface area (Å²) in [6.07, 6.45) is 9.91. The molecule has 0 radical (unpaired) electrons. The summed E-state index contributed by atoms with van der Waals surface area (Å²) in [6.45, 7) is 0. The van der Waals surface area contributed by atoms with Crippen molar-refractivity contribution in [1.29, 1.82) is 0 Å². The summed E-state index contributed by atoms with van der Waals surface area (Å²) in [6, 6.07) is 13.8. The number of hydrogen-bond acceptors (Lipinski definition) is 2. The lowest BCUT2D eigenvalue weighted by Gasteiger charge is -2.21. The van der Waals surface area contributed by atoms with E-state index in [9.17, 15) is 4.79 Å². The van der Waals surface area contributed by atoms with Crippen molar-refractivity contribution in [3.05, 3.63) is 60.1 Å². The Balaban J connectivity index is 0.000000173. The maximum absolute atomic E-state index is 9.97. The maximum Gasteiger partial charge on any atom is 0.371 e. The van der Waals surface area contributed by atoms with Gasteiger partial charge in [-0.1, -0.05) is 62.4 Å². The number of furan rings is 1. The van der Waals surface area contributed by atoms with Crippen LogP contribution in [-0.4, -0.2) is 11.1 Å². The summed E-state index contributed by atoms with van der Waals surface area (Å²) in [4.78, 5) is 9.97. The Morgan fingerprint density at radius 3 is 2.29 bits per heavy atom. The van der Waals surface area contributed by atoms with Crippen LogP contribution in [-0.2, 0) is 6.42 Å². The van der Waals surface area contributed by atoms with E-state index >= 15 is 0 Å². The van der Waals surface area contributed by atoms with Gasteiger partial charge >= 0.3 is 5.97 Å². The highest BCUT2D eigenvalue weighted by atomic mass is 16.4. The predicted molar refractivity (Wildman–Crippen MR) is 82.4 cm³/mol. The first-order valence-electron chi connectivity index (χ1n) is 7.56. The summed E-state index contributed by atoms with van der Waals surface area (Å²) in [5, 5.41) is 8.18. The van der Waals surface area contributed by atoms with Crippen LogP contribution in [0.4, 0.5) is 0 Å². The summed E-state index contributed by atoms with van der Waals surface area (Å²) in [5.41, 5.74) is 1.52. The van der Waals surface area contributed by atoms with Crippen molar-refractivity contribution in [3.8, 4) is 0 Å². The molecule has 2 aromatic rings. The van der Waals surface area contributed by atoms with E-state index < -0.39 is 5.97 Å². The molecule has 0 unspecified atom stereocenters. The fourth-order valence-electron chi connectivity index (χ4n) is 2.74. The van der Waals surface area contributed by atoms with E-state index in [1.54, 1.807) is 0 Å². The molecule has 0 saturated heterocycles. The van der Waals surface area contributed by atoms with Crippen LogP contribution in [0.1, 0.15) is 48.2 Å². The molecule has 1 aliphatic rings. The molecule has 0 bridgehead atoms. The normalized spacial score (nSPS) is 15.0.